The first kappa shape index (κ1) is 16.5. The van der Waals surface area contributed by atoms with Crippen LogP contribution in [0.4, 0.5) is 0 Å². The van der Waals surface area contributed by atoms with Crippen molar-refractivity contribution in [3.63, 3.8) is 0 Å². The molecule has 0 aromatic rings. The topological polar surface area (TPSA) is 37.0 Å². The fraction of sp³-hybridized carbons (Fsp3) is 0.933. The molecule has 0 heterocycles. The van der Waals surface area contributed by atoms with E-state index in [1.807, 2.05) is 6.92 Å². The number of carbonyl (C=O) groups is 1. The zero-order chi connectivity index (χ0) is 13.3. The maximum atomic E-state index is 11.4. The zero-order valence-electron chi connectivity index (χ0n) is 12.1. The highest BCUT2D eigenvalue weighted by molar-refractivity contribution is 5.70. The lowest BCUT2D eigenvalue weighted by Crippen LogP contribution is -2.35. The Morgan fingerprint density at radius 1 is 1.00 bits per heavy atom. The Kier molecular flexibility index (Phi) is 8.28. The molecule has 0 amide bonds. The summed E-state index contributed by atoms with van der Waals surface area (Å²) in [5.41, 5.74) is -0.0282. The summed E-state index contributed by atoms with van der Waals surface area (Å²) < 4.78 is 0. The molecule has 0 rings (SSSR count). The van der Waals surface area contributed by atoms with Crippen LogP contribution in [0.3, 0.4) is 0 Å². The van der Waals surface area contributed by atoms with Crippen LogP contribution in [0.5, 0.6) is 0 Å². The minimum atomic E-state index is -0.846. The maximum Gasteiger partial charge on any atom is 0.359 e. The predicted molar refractivity (Wildman–Crippen MR) is 71.2 cm³/mol. The molecule has 2 heteroatoms. The van der Waals surface area contributed by atoms with Gasteiger partial charge in [0.15, 0.2) is 0 Å². The van der Waals surface area contributed by atoms with Gasteiger partial charge >= 0.3 is 5.97 Å². The minimum absolute atomic E-state index is 0.0282. The Hall–Kier alpha value is -0.530. The van der Waals surface area contributed by atoms with Crippen LogP contribution in [0.1, 0.15) is 79.1 Å². The lowest BCUT2D eigenvalue weighted by Gasteiger charge is -2.37. The second kappa shape index (κ2) is 8.54. The average Bonchev–Trinajstić information content (AvgIpc) is 2.32. The number of carbonyl (C=O) groups excluding carboxylic acids is 1. The molecule has 0 N–H and O–H groups in total. The lowest BCUT2D eigenvalue weighted by molar-refractivity contribution is -0.154. The van der Waals surface area contributed by atoms with Crippen molar-refractivity contribution in [3.05, 3.63) is 0 Å². The summed E-state index contributed by atoms with van der Waals surface area (Å²) in [6, 6.07) is 0. The fourth-order valence-electron chi connectivity index (χ4n) is 2.98. The first-order chi connectivity index (χ1) is 8.07. The monoisotopic (exact) mass is 241 g/mol. The SMILES string of the molecule is CCCCC(CC)(CCCC)C(CC)C([O])=O. The summed E-state index contributed by atoms with van der Waals surface area (Å²) in [4.78, 5) is 11.4. The van der Waals surface area contributed by atoms with E-state index in [1.165, 1.54) is 0 Å². The molecule has 0 aliphatic heterocycles. The van der Waals surface area contributed by atoms with Crippen molar-refractivity contribution in [3.8, 4) is 0 Å². The highest BCUT2D eigenvalue weighted by Crippen LogP contribution is 2.43. The van der Waals surface area contributed by atoms with E-state index in [9.17, 15) is 9.90 Å². The third kappa shape index (κ3) is 4.69. The highest BCUT2D eigenvalue weighted by atomic mass is 16.4. The summed E-state index contributed by atoms with van der Waals surface area (Å²) in [7, 11) is 0. The van der Waals surface area contributed by atoms with Crippen LogP contribution in [0.2, 0.25) is 0 Å². The molecule has 0 saturated carbocycles. The third-order valence-electron chi connectivity index (χ3n) is 4.19. The minimum Gasteiger partial charge on any atom is -0.247 e. The van der Waals surface area contributed by atoms with Gasteiger partial charge in [0.2, 0.25) is 0 Å². The molecule has 0 fully saturated rings. The van der Waals surface area contributed by atoms with Crippen molar-refractivity contribution in [2.24, 2.45) is 11.3 Å². The van der Waals surface area contributed by atoms with E-state index < -0.39 is 5.97 Å². The van der Waals surface area contributed by atoms with Gasteiger partial charge in [0.1, 0.15) is 0 Å². The van der Waals surface area contributed by atoms with Gasteiger partial charge in [-0.25, -0.2) is 9.90 Å². The largest absolute Gasteiger partial charge is 0.359 e. The molecule has 0 aliphatic rings. The Labute approximate surface area is 107 Å². The smallest absolute Gasteiger partial charge is 0.247 e. The van der Waals surface area contributed by atoms with Crippen LogP contribution in [0.15, 0.2) is 0 Å². The Balaban J connectivity index is 4.91. The standard InChI is InChI=1S/C15H29O2/c1-5-9-11-15(8-4,12-10-6-2)13(7-3)14(16)17/h13H,5-12H2,1-4H3. The molecule has 1 radical (unpaired) electrons. The quantitative estimate of drug-likeness (QED) is 0.544. The van der Waals surface area contributed by atoms with Crippen molar-refractivity contribution in [1.82, 2.24) is 0 Å². The van der Waals surface area contributed by atoms with Gasteiger partial charge in [-0.3, -0.25) is 0 Å². The highest BCUT2D eigenvalue weighted by Gasteiger charge is 2.40. The molecule has 0 aliphatic carbocycles. The average molecular weight is 241 g/mol. The van der Waals surface area contributed by atoms with Crippen molar-refractivity contribution in [2.75, 3.05) is 0 Å². The molecule has 0 aromatic carbocycles. The van der Waals surface area contributed by atoms with Gasteiger partial charge in [0.25, 0.3) is 0 Å². The van der Waals surface area contributed by atoms with Crippen molar-refractivity contribution in [1.29, 1.82) is 0 Å². The lowest BCUT2D eigenvalue weighted by atomic mass is 9.66. The van der Waals surface area contributed by atoms with E-state index in [1.54, 1.807) is 0 Å². The van der Waals surface area contributed by atoms with Gasteiger partial charge in [-0.1, -0.05) is 53.4 Å². The number of hydrogen-bond acceptors (Lipinski definition) is 1. The third-order valence-corrected chi connectivity index (χ3v) is 4.19. The van der Waals surface area contributed by atoms with Gasteiger partial charge in [-0.2, -0.15) is 0 Å². The van der Waals surface area contributed by atoms with Crippen LogP contribution in [0.25, 0.3) is 0 Å². The van der Waals surface area contributed by atoms with Crippen LogP contribution >= 0.6 is 0 Å². The van der Waals surface area contributed by atoms with Gasteiger partial charge in [-0.05, 0) is 31.1 Å². The van der Waals surface area contributed by atoms with Crippen molar-refractivity contribution < 1.29 is 9.90 Å². The number of hydrogen-bond donors (Lipinski definition) is 0. The van der Waals surface area contributed by atoms with Crippen LogP contribution in [-0.2, 0) is 9.90 Å². The number of unbranched alkanes of at least 4 members (excludes halogenated alkanes) is 2. The van der Waals surface area contributed by atoms with Crippen LogP contribution < -0.4 is 0 Å². The Bertz CT molecular complexity index is 203. The second-order valence-corrected chi connectivity index (χ2v) is 5.20. The summed E-state index contributed by atoms with van der Waals surface area (Å²) in [5, 5.41) is 11.4. The molecule has 0 saturated heterocycles. The van der Waals surface area contributed by atoms with E-state index in [2.05, 4.69) is 20.8 Å². The maximum absolute atomic E-state index is 11.4. The number of rotatable bonds is 10. The summed E-state index contributed by atoms with van der Waals surface area (Å²) >= 11 is 0. The van der Waals surface area contributed by atoms with Gasteiger partial charge in [-0.15, -0.1) is 0 Å². The van der Waals surface area contributed by atoms with Gasteiger partial charge in [0.05, 0.1) is 5.92 Å². The summed E-state index contributed by atoms with van der Waals surface area (Å²) in [6.45, 7) is 8.44. The molecular formula is C15H29O2. The van der Waals surface area contributed by atoms with Crippen molar-refractivity contribution in [2.45, 2.75) is 79.1 Å². The molecule has 0 spiro atoms. The van der Waals surface area contributed by atoms with E-state index in [0.717, 1.165) is 44.9 Å². The molecular weight excluding hydrogens is 212 g/mol. The van der Waals surface area contributed by atoms with Gasteiger partial charge in [0, 0.05) is 0 Å². The van der Waals surface area contributed by atoms with Crippen LogP contribution in [0, 0.1) is 11.3 Å². The van der Waals surface area contributed by atoms with Crippen LogP contribution in [-0.4, -0.2) is 5.97 Å². The predicted octanol–water partition coefficient (Wildman–Crippen LogP) is 4.75. The van der Waals surface area contributed by atoms with E-state index in [0.29, 0.717) is 6.42 Å². The molecule has 17 heavy (non-hydrogen) atoms. The Morgan fingerprint density at radius 3 is 1.71 bits per heavy atom. The van der Waals surface area contributed by atoms with E-state index >= 15 is 0 Å². The molecule has 101 valence electrons. The molecule has 2 nitrogen and oxygen atoms in total. The van der Waals surface area contributed by atoms with Gasteiger partial charge < -0.3 is 0 Å². The van der Waals surface area contributed by atoms with E-state index in [4.69, 9.17) is 0 Å². The first-order valence-electron chi connectivity index (χ1n) is 7.28. The normalized spacial score (nSPS) is 13.6. The van der Waals surface area contributed by atoms with E-state index in [-0.39, 0.29) is 11.3 Å². The molecule has 1 atom stereocenters. The van der Waals surface area contributed by atoms with Crippen molar-refractivity contribution >= 4 is 5.97 Å². The summed E-state index contributed by atoms with van der Waals surface area (Å²) in [6.07, 6.45) is 8.25. The first-order valence-corrected chi connectivity index (χ1v) is 7.28. The second-order valence-electron chi connectivity index (χ2n) is 5.20. The summed E-state index contributed by atoms with van der Waals surface area (Å²) in [5.74, 6) is -1.12. The fourth-order valence-corrected chi connectivity index (χ4v) is 2.98. The Morgan fingerprint density at radius 2 is 1.47 bits per heavy atom. The molecule has 0 aromatic heterocycles. The molecule has 0 bridgehead atoms. The molecule has 1 unspecified atom stereocenters. The zero-order valence-corrected chi connectivity index (χ0v) is 12.1.